The molecule has 16 aromatic carbocycles. The van der Waals surface area contributed by atoms with E-state index in [1.54, 1.807) is 0 Å². The molecule has 0 radical (unpaired) electrons. The predicted molar refractivity (Wildman–Crippen MR) is 500 cm³/mol. The predicted octanol–water partition coefficient (Wildman–Crippen LogP) is 29.5. The smallest absolute Gasteiger partial charge is 0.160 e. The van der Waals surface area contributed by atoms with Gasteiger partial charge in [-0.15, -0.1) is 0 Å². The Morgan fingerprint density at radius 3 is 0.798 bits per heavy atom. The third-order valence-electron chi connectivity index (χ3n) is 23.3. The second kappa shape index (κ2) is 30.8. The monoisotopic (exact) mass is 1590 g/mol. The van der Waals surface area contributed by atoms with E-state index in [0.29, 0.717) is 23.3 Å². The highest BCUT2D eigenvalue weighted by Crippen LogP contribution is 2.47. The van der Waals surface area contributed by atoms with Gasteiger partial charge in [0.05, 0.1) is 22.8 Å². The first kappa shape index (κ1) is 72.3. The second-order valence-corrected chi connectivity index (χ2v) is 30.8. The third-order valence-corrected chi connectivity index (χ3v) is 23.3. The van der Waals surface area contributed by atoms with Gasteiger partial charge in [0.25, 0.3) is 0 Å². The lowest BCUT2D eigenvalue weighted by atomic mass is 9.93. The van der Waals surface area contributed by atoms with Crippen molar-refractivity contribution >= 4 is 87.8 Å². The van der Waals surface area contributed by atoms with Crippen LogP contribution in [0.25, 0.3) is 245 Å². The summed E-state index contributed by atoms with van der Waals surface area (Å²) >= 11 is 0. The molecule has 8 heterocycles. The van der Waals surface area contributed by atoms with Crippen LogP contribution in [0.2, 0.25) is 0 Å². The molecule has 24 rings (SSSR count). The van der Waals surface area contributed by atoms with Gasteiger partial charge in [-0.25, -0.2) is 39.9 Å². The summed E-state index contributed by atoms with van der Waals surface area (Å²) in [5.41, 5.74) is 30.5. The number of hydrogen-bond acceptors (Lipinski definition) is 12. The van der Waals surface area contributed by atoms with Crippen LogP contribution in [0.15, 0.2) is 431 Å². The van der Waals surface area contributed by atoms with Crippen molar-refractivity contribution in [2.24, 2.45) is 0 Å². The maximum absolute atomic E-state index is 6.67. The molecule has 12 heteroatoms. The highest BCUT2D eigenvalue weighted by Gasteiger charge is 2.23. The molecule has 0 N–H and O–H groups in total. The van der Waals surface area contributed by atoms with Crippen LogP contribution in [-0.2, 0) is 0 Å². The molecule has 0 aliphatic carbocycles. The Morgan fingerprint density at radius 2 is 0.411 bits per heavy atom. The molecule has 8 aromatic heterocycles. The van der Waals surface area contributed by atoms with Gasteiger partial charge in [0.15, 0.2) is 23.3 Å². The highest BCUT2D eigenvalue weighted by atomic mass is 16.3. The lowest BCUT2D eigenvalue weighted by Crippen LogP contribution is -1.96. The van der Waals surface area contributed by atoms with Crippen LogP contribution in [0.5, 0.6) is 0 Å². The Hall–Kier alpha value is -17.0. The molecule has 0 atom stereocenters. The number of hydrogen-bond donors (Lipinski definition) is 0. The van der Waals surface area contributed by atoms with Crippen LogP contribution in [0, 0.1) is 0 Å². The SMILES string of the molecule is c1ccc(-c2cc(-c3ccc(-c4ccc(-c5ccc6c(c5)oc5ccccc56)c5oc6ccccc6c45)cc3)nc(-c3ccc(-c4cnc(-c5ccccc5)nc4)cc3)n2)cc1.c1ccc(-c2cnc(-c3ccc(-c4nc(-c5ccccc5)cc(-c5ccc(-c6ccc(-c7ccc8c(c7)oc7ccccc78)c7oc8ccccc8c67)cc5)n4)cc3)nc2)cc1. The lowest BCUT2D eigenvalue weighted by molar-refractivity contribution is 0.667. The molecule has 124 heavy (non-hydrogen) atoms. The average Bonchev–Trinajstić information content (AvgIpc) is 1.58. The number of para-hydroxylation sites is 4. The molecule has 0 aliphatic heterocycles. The van der Waals surface area contributed by atoms with Crippen molar-refractivity contribution in [2.75, 3.05) is 0 Å². The van der Waals surface area contributed by atoms with E-state index in [2.05, 4.69) is 238 Å². The molecule has 0 saturated carbocycles. The van der Waals surface area contributed by atoms with Crippen LogP contribution in [0.1, 0.15) is 0 Å². The van der Waals surface area contributed by atoms with Gasteiger partial charge in [-0.1, -0.05) is 315 Å². The van der Waals surface area contributed by atoms with Gasteiger partial charge in [0.2, 0.25) is 0 Å². The topological polar surface area (TPSA) is 156 Å². The molecule has 0 bridgehead atoms. The Labute approximate surface area is 711 Å². The second-order valence-electron chi connectivity index (χ2n) is 30.8. The largest absolute Gasteiger partial charge is 0.456 e. The highest BCUT2D eigenvalue weighted by molar-refractivity contribution is 6.19. The van der Waals surface area contributed by atoms with Gasteiger partial charge >= 0.3 is 0 Å². The minimum Gasteiger partial charge on any atom is -0.456 e. The minimum atomic E-state index is 0.639. The molecule has 0 spiro atoms. The van der Waals surface area contributed by atoms with E-state index in [1.807, 2.05) is 195 Å². The normalized spacial score (nSPS) is 11.5. The summed E-state index contributed by atoms with van der Waals surface area (Å²) < 4.78 is 25.9. The zero-order valence-electron chi connectivity index (χ0n) is 66.5. The van der Waals surface area contributed by atoms with Crippen LogP contribution >= 0.6 is 0 Å². The Morgan fingerprint density at radius 1 is 0.153 bits per heavy atom. The maximum Gasteiger partial charge on any atom is 0.160 e. The molecule has 0 saturated heterocycles. The minimum absolute atomic E-state index is 0.639. The van der Waals surface area contributed by atoms with Crippen LogP contribution in [0.3, 0.4) is 0 Å². The number of benzene rings is 16. The third kappa shape index (κ3) is 13.4. The van der Waals surface area contributed by atoms with E-state index in [0.717, 1.165) is 222 Å². The molecule has 0 amide bonds. The first-order chi connectivity index (χ1) is 61.4. The number of fused-ring (bicyclic) bond motifs is 12. The average molecular weight is 1590 g/mol. The number of furan rings is 4. The molecular weight excluding hydrogens is 1520 g/mol. The van der Waals surface area contributed by atoms with Crippen molar-refractivity contribution < 1.29 is 17.7 Å². The van der Waals surface area contributed by atoms with Crippen molar-refractivity contribution in [3.8, 4) is 157 Å². The van der Waals surface area contributed by atoms with Crippen LogP contribution < -0.4 is 0 Å². The zero-order valence-corrected chi connectivity index (χ0v) is 66.5. The van der Waals surface area contributed by atoms with Crippen molar-refractivity contribution in [3.05, 3.63) is 413 Å². The number of nitrogens with zero attached hydrogens (tertiary/aromatic N) is 8. The molecule has 24 aromatic rings. The number of rotatable bonds is 14. The fourth-order valence-electron chi connectivity index (χ4n) is 17.0. The quantitative estimate of drug-likeness (QED) is 0.102. The van der Waals surface area contributed by atoms with Gasteiger partial charge in [-0.2, -0.15) is 0 Å². The van der Waals surface area contributed by atoms with E-state index in [4.69, 9.17) is 37.6 Å². The van der Waals surface area contributed by atoms with E-state index >= 15 is 0 Å². The summed E-state index contributed by atoms with van der Waals surface area (Å²) in [6, 6.07) is 133. The van der Waals surface area contributed by atoms with Gasteiger partial charge in [0.1, 0.15) is 44.7 Å². The Kier molecular flexibility index (Phi) is 17.9. The van der Waals surface area contributed by atoms with Gasteiger partial charge in [-0.3, -0.25) is 0 Å². The van der Waals surface area contributed by atoms with Gasteiger partial charge in [-0.05, 0) is 117 Å². The fourth-order valence-corrected chi connectivity index (χ4v) is 17.0. The summed E-state index contributed by atoms with van der Waals surface area (Å²) in [6.07, 6.45) is 7.48. The molecule has 0 aliphatic rings. The van der Waals surface area contributed by atoms with Crippen molar-refractivity contribution in [1.29, 1.82) is 0 Å². The van der Waals surface area contributed by atoms with Crippen LogP contribution in [0.4, 0.5) is 0 Å². The molecular formula is C112H68N8O4. The molecule has 580 valence electrons. The molecule has 0 fully saturated rings. The van der Waals surface area contributed by atoms with Crippen molar-refractivity contribution in [2.45, 2.75) is 0 Å². The van der Waals surface area contributed by atoms with E-state index in [9.17, 15) is 0 Å². The summed E-state index contributed by atoms with van der Waals surface area (Å²) in [4.78, 5) is 39.1. The van der Waals surface area contributed by atoms with Crippen molar-refractivity contribution in [3.63, 3.8) is 0 Å². The van der Waals surface area contributed by atoms with Gasteiger partial charge in [0, 0.05) is 135 Å². The van der Waals surface area contributed by atoms with Crippen molar-refractivity contribution in [1.82, 2.24) is 39.9 Å². The first-order valence-electron chi connectivity index (χ1n) is 41.2. The summed E-state index contributed by atoms with van der Waals surface area (Å²) in [5.74, 6) is 2.65. The van der Waals surface area contributed by atoms with E-state index in [-0.39, 0.29) is 0 Å². The van der Waals surface area contributed by atoms with E-state index in [1.165, 1.54) is 0 Å². The summed E-state index contributed by atoms with van der Waals surface area (Å²) in [6.45, 7) is 0. The Balaban J connectivity index is 0.000000143. The molecule has 0 unspecified atom stereocenters. The zero-order chi connectivity index (χ0) is 82.0. The first-order valence-corrected chi connectivity index (χ1v) is 41.2. The summed E-state index contributed by atoms with van der Waals surface area (Å²) in [5, 5.41) is 8.73. The van der Waals surface area contributed by atoms with E-state index < -0.39 is 0 Å². The number of aromatic nitrogens is 8. The standard InChI is InChI=1S/2C56H34N4O2/c1-3-11-37(12-4-1)48-32-49(60-56(59-48)40-25-19-35(20-26-40)42-33-57-55(58-34-42)39-13-5-2-6-14-39)38-23-21-36(22-24-38)43-29-30-44(54-53(43)47-16-8-10-18-51(47)62-54)41-27-28-46-45-15-7-9-17-50(45)61-52(46)31-41;1-3-11-35(12-4-1)42-33-57-55(58-34-42)39-23-25-40(26-24-39)56-59-48(37-13-5-2-6-14-37)32-49(60-56)38-21-19-36(20-22-38)43-29-30-44(54-53(43)47-16-8-10-18-51(47)62-54)41-27-28-46-45-15-7-9-17-50(45)61-52(46)31-41/h2*1-34H. The molecule has 12 nitrogen and oxygen atoms in total. The summed E-state index contributed by atoms with van der Waals surface area (Å²) in [7, 11) is 0. The Bertz CT molecular complexity index is 7680. The fraction of sp³-hybridized carbons (Fsp3) is 0. The van der Waals surface area contributed by atoms with Crippen LogP contribution in [-0.4, -0.2) is 39.9 Å². The van der Waals surface area contributed by atoms with Gasteiger partial charge < -0.3 is 17.7 Å². The maximum atomic E-state index is 6.67. The lowest BCUT2D eigenvalue weighted by Gasteiger charge is -2.11.